The zero-order chi connectivity index (χ0) is 14.7. The Bertz CT molecular complexity index is 652. The van der Waals surface area contributed by atoms with Crippen molar-refractivity contribution in [2.75, 3.05) is 5.32 Å². The van der Waals surface area contributed by atoms with E-state index in [9.17, 15) is 4.79 Å². The Labute approximate surface area is 133 Å². The van der Waals surface area contributed by atoms with Crippen LogP contribution in [0.2, 0.25) is 0 Å². The lowest BCUT2D eigenvalue weighted by Gasteiger charge is -2.13. The Hall–Kier alpha value is -1.68. The highest BCUT2D eigenvalue weighted by Crippen LogP contribution is 2.18. The molecule has 0 atom stereocenters. The summed E-state index contributed by atoms with van der Waals surface area (Å²) in [4.78, 5) is 12.1. The van der Waals surface area contributed by atoms with Gasteiger partial charge in [-0.2, -0.15) is 4.57 Å². The fraction of sp³-hybridized carbons (Fsp3) is 0.294. The predicted molar refractivity (Wildman–Crippen MR) is 86.1 cm³/mol. The van der Waals surface area contributed by atoms with Crippen molar-refractivity contribution in [3.05, 3.63) is 58.3 Å². The van der Waals surface area contributed by atoms with Gasteiger partial charge in [0, 0.05) is 21.8 Å². The molecule has 0 radical (unpaired) electrons. The van der Waals surface area contributed by atoms with Crippen LogP contribution in [0.4, 0.5) is 5.69 Å². The maximum atomic E-state index is 12.1. The van der Waals surface area contributed by atoms with Gasteiger partial charge in [-0.1, -0.05) is 15.9 Å². The molecule has 1 N–H and O–H groups in total. The Morgan fingerprint density at radius 3 is 2.57 bits per heavy atom. The third-order valence-electron chi connectivity index (χ3n) is 3.80. The van der Waals surface area contributed by atoms with Crippen LogP contribution in [0.3, 0.4) is 0 Å². The molecule has 3 nitrogen and oxygen atoms in total. The van der Waals surface area contributed by atoms with E-state index in [1.165, 1.54) is 30.4 Å². The van der Waals surface area contributed by atoms with Gasteiger partial charge in [0.25, 0.3) is 5.91 Å². The quantitative estimate of drug-likeness (QED) is 0.851. The van der Waals surface area contributed by atoms with E-state index < -0.39 is 0 Å². The fourth-order valence-corrected chi connectivity index (χ4v) is 2.98. The number of halogens is 1. The number of hydrogen-bond acceptors (Lipinski definition) is 1. The number of aryl methyl sites for hydroxylation is 2. The molecule has 0 aliphatic heterocycles. The van der Waals surface area contributed by atoms with E-state index in [0.717, 1.165) is 16.6 Å². The average Bonchev–Trinajstić information content (AvgIpc) is 2.49. The van der Waals surface area contributed by atoms with E-state index in [4.69, 9.17) is 0 Å². The van der Waals surface area contributed by atoms with E-state index in [0.29, 0.717) is 6.54 Å². The number of fused-ring (bicyclic) bond motifs is 1. The van der Waals surface area contributed by atoms with Crippen LogP contribution in [0, 0.1) is 0 Å². The highest BCUT2D eigenvalue weighted by molar-refractivity contribution is 9.10. The summed E-state index contributed by atoms with van der Waals surface area (Å²) >= 11 is 3.38. The van der Waals surface area contributed by atoms with Crippen LogP contribution in [0.25, 0.3) is 0 Å². The topological polar surface area (TPSA) is 33.0 Å². The largest absolute Gasteiger partial charge is 0.321 e. The van der Waals surface area contributed by atoms with Gasteiger partial charge < -0.3 is 5.32 Å². The van der Waals surface area contributed by atoms with Crippen LogP contribution in [0.15, 0.2) is 47.2 Å². The van der Waals surface area contributed by atoms with E-state index in [1.807, 2.05) is 35.0 Å². The third-order valence-corrected chi connectivity index (χ3v) is 4.33. The standard InChI is InChI=1S/C17H17BrN2O/c18-15-5-7-16(8-6-15)19-17(21)12-20-10-9-13-3-1-2-4-14(13)11-20/h5-11H,1-4,12H2/p+1. The molecule has 0 saturated carbocycles. The van der Waals surface area contributed by atoms with Gasteiger partial charge in [0.15, 0.2) is 12.4 Å². The first kappa shape index (κ1) is 14.3. The molecule has 1 aliphatic carbocycles. The number of carbonyl (C=O) groups is 1. The first-order chi connectivity index (χ1) is 10.2. The number of carbonyl (C=O) groups excluding carboxylic acids is 1. The van der Waals surface area contributed by atoms with Gasteiger partial charge in [0.2, 0.25) is 6.54 Å². The van der Waals surface area contributed by atoms with Crippen LogP contribution in [0.5, 0.6) is 0 Å². The highest BCUT2D eigenvalue weighted by atomic mass is 79.9. The summed E-state index contributed by atoms with van der Waals surface area (Å²) in [6.45, 7) is 0.351. The Balaban J connectivity index is 1.65. The van der Waals surface area contributed by atoms with Crippen molar-refractivity contribution in [2.24, 2.45) is 0 Å². The minimum atomic E-state index is -0.00178. The number of aromatic nitrogens is 1. The molecule has 0 saturated heterocycles. The van der Waals surface area contributed by atoms with Crippen molar-refractivity contribution in [3.63, 3.8) is 0 Å². The second kappa shape index (κ2) is 6.39. The molecular formula is C17H18BrN2O+. The van der Waals surface area contributed by atoms with Crippen LogP contribution in [-0.2, 0) is 24.2 Å². The Morgan fingerprint density at radius 2 is 1.81 bits per heavy atom. The van der Waals surface area contributed by atoms with E-state index >= 15 is 0 Å². The monoisotopic (exact) mass is 345 g/mol. The Morgan fingerprint density at radius 1 is 1.10 bits per heavy atom. The average molecular weight is 346 g/mol. The second-order valence-corrected chi connectivity index (χ2v) is 6.35. The van der Waals surface area contributed by atoms with Gasteiger partial charge in [-0.05, 0) is 55.5 Å². The smallest absolute Gasteiger partial charge is 0.290 e. The number of rotatable bonds is 3. The van der Waals surface area contributed by atoms with Crippen LogP contribution < -0.4 is 9.88 Å². The van der Waals surface area contributed by atoms with Crippen molar-refractivity contribution >= 4 is 27.5 Å². The molecule has 0 spiro atoms. The Kier molecular flexibility index (Phi) is 4.34. The van der Waals surface area contributed by atoms with Crippen LogP contribution in [0.1, 0.15) is 24.0 Å². The van der Waals surface area contributed by atoms with E-state index in [-0.39, 0.29) is 5.91 Å². The summed E-state index contributed by atoms with van der Waals surface area (Å²) in [5, 5.41) is 2.92. The van der Waals surface area contributed by atoms with Crippen LogP contribution in [-0.4, -0.2) is 5.91 Å². The number of pyridine rings is 1. The number of amides is 1. The van der Waals surface area contributed by atoms with Crippen molar-refractivity contribution in [1.82, 2.24) is 0 Å². The fourth-order valence-electron chi connectivity index (χ4n) is 2.72. The molecule has 4 heteroatoms. The summed E-state index contributed by atoms with van der Waals surface area (Å²) in [5.74, 6) is -0.00178. The minimum Gasteiger partial charge on any atom is -0.321 e. The molecule has 1 aromatic heterocycles. The van der Waals surface area contributed by atoms with Gasteiger partial charge in [-0.15, -0.1) is 0 Å². The van der Waals surface area contributed by atoms with Crippen molar-refractivity contribution in [1.29, 1.82) is 0 Å². The molecule has 3 rings (SSSR count). The summed E-state index contributed by atoms with van der Waals surface area (Å²) < 4.78 is 2.97. The molecule has 108 valence electrons. The SMILES string of the molecule is O=C(C[n+]1ccc2c(c1)CCCC2)Nc1ccc(Br)cc1. The normalized spacial score (nSPS) is 13.6. The maximum absolute atomic E-state index is 12.1. The number of anilines is 1. The number of benzene rings is 1. The minimum absolute atomic E-state index is 0.00178. The molecule has 0 fully saturated rings. The van der Waals surface area contributed by atoms with Gasteiger partial charge >= 0.3 is 0 Å². The molecule has 2 aromatic rings. The summed E-state index contributed by atoms with van der Waals surface area (Å²) in [6.07, 6.45) is 8.95. The van der Waals surface area contributed by atoms with Crippen molar-refractivity contribution in [3.8, 4) is 0 Å². The zero-order valence-corrected chi connectivity index (χ0v) is 13.4. The number of nitrogens with one attached hydrogen (secondary N) is 1. The summed E-state index contributed by atoms with van der Waals surface area (Å²) in [6, 6.07) is 9.77. The van der Waals surface area contributed by atoms with Gasteiger partial charge in [-0.3, -0.25) is 4.79 Å². The van der Waals surface area contributed by atoms with Gasteiger partial charge in [-0.25, -0.2) is 0 Å². The van der Waals surface area contributed by atoms with E-state index in [2.05, 4.69) is 33.5 Å². The lowest BCUT2D eigenvalue weighted by molar-refractivity contribution is -0.684. The number of nitrogens with zero attached hydrogens (tertiary/aromatic N) is 1. The zero-order valence-electron chi connectivity index (χ0n) is 11.8. The summed E-state index contributed by atoms with van der Waals surface area (Å²) in [7, 11) is 0. The molecule has 0 bridgehead atoms. The van der Waals surface area contributed by atoms with Gasteiger partial charge in [0.05, 0.1) is 0 Å². The second-order valence-electron chi connectivity index (χ2n) is 5.43. The van der Waals surface area contributed by atoms with E-state index in [1.54, 1.807) is 0 Å². The third kappa shape index (κ3) is 3.70. The molecule has 1 aromatic carbocycles. The molecule has 1 heterocycles. The molecule has 1 aliphatic rings. The summed E-state index contributed by atoms with van der Waals surface area (Å²) in [5.41, 5.74) is 3.65. The molecule has 1 amide bonds. The lowest BCUT2D eigenvalue weighted by Crippen LogP contribution is -2.40. The van der Waals surface area contributed by atoms with Crippen molar-refractivity contribution < 1.29 is 9.36 Å². The first-order valence-corrected chi connectivity index (χ1v) is 8.06. The predicted octanol–water partition coefficient (Wildman–Crippen LogP) is 3.25. The maximum Gasteiger partial charge on any atom is 0.290 e. The first-order valence-electron chi connectivity index (χ1n) is 7.27. The van der Waals surface area contributed by atoms with Crippen molar-refractivity contribution in [2.45, 2.75) is 32.2 Å². The van der Waals surface area contributed by atoms with Crippen LogP contribution >= 0.6 is 15.9 Å². The molecular weight excluding hydrogens is 328 g/mol. The van der Waals surface area contributed by atoms with Gasteiger partial charge in [0.1, 0.15) is 0 Å². The molecule has 0 unspecified atom stereocenters. The lowest BCUT2D eigenvalue weighted by atomic mass is 9.93. The highest BCUT2D eigenvalue weighted by Gasteiger charge is 2.15. The number of hydrogen-bond donors (Lipinski definition) is 1. The molecule has 21 heavy (non-hydrogen) atoms.